The molecule has 0 aliphatic rings. The smallest absolute Gasteiger partial charge is 0.272 e. The summed E-state index contributed by atoms with van der Waals surface area (Å²) in [5, 5.41) is 5.34. The highest BCUT2D eigenvalue weighted by molar-refractivity contribution is 5.96. The minimum atomic E-state index is -0.341. The molecule has 0 spiro atoms. The average molecular weight is 250 g/mol. The summed E-state index contributed by atoms with van der Waals surface area (Å²) in [6.07, 6.45) is 1.51. The number of hydrogen-bond acceptors (Lipinski definition) is 4. The fourth-order valence-corrected chi connectivity index (χ4v) is 1.26. The normalized spacial score (nSPS) is 10.2. The minimum absolute atomic E-state index is 0.0402. The van der Waals surface area contributed by atoms with Gasteiger partial charge in [-0.1, -0.05) is 13.8 Å². The SMILES string of the molecule is CC(C)C(=O)NCCNC(=O)c1ncccc1N. The average Bonchev–Trinajstić information content (AvgIpc) is 2.34. The van der Waals surface area contributed by atoms with Crippen LogP contribution in [0.4, 0.5) is 5.69 Å². The van der Waals surface area contributed by atoms with Crippen LogP contribution in [0.2, 0.25) is 0 Å². The maximum atomic E-state index is 11.7. The van der Waals surface area contributed by atoms with Gasteiger partial charge in [0.05, 0.1) is 5.69 Å². The van der Waals surface area contributed by atoms with Gasteiger partial charge in [0.2, 0.25) is 5.91 Å². The van der Waals surface area contributed by atoms with Gasteiger partial charge < -0.3 is 16.4 Å². The van der Waals surface area contributed by atoms with Crippen LogP contribution < -0.4 is 16.4 Å². The van der Waals surface area contributed by atoms with Crippen LogP contribution in [0.15, 0.2) is 18.3 Å². The molecule has 18 heavy (non-hydrogen) atoms. The highest BCUT2D eigenvalue weighted by Gasteiger charge is 2.10. The molecule has 0 bridgehead atoms. The predicted molar refractivity (Wildman–Crippen MR) is 68.8 cm³/mol. The first-order valence-corrected chi connectivity index (χ1v) is 5.78. The van der Waals surface area contributed by atoms with E-state index in [9.17, 15) is 9.59 Å². The van der Waals surface area contributed by atoms with Gasteiger partial charge in [0.25, 0.3) is 5.91 Å². The first kappa shape index (κ1) is 14.0. The zero-order valence-corrected chi connectivity index (χ0v) is 10.6. The molecule has 0 fully saturated rings. The fraction of sp³-hybridized carbons (Fsp3) is 0.417. The van der Waals surface area contributed by atoms with E-state index in [4.69, 9.17) is 5.73 Å². The van der Waals surface area contributed by atoms with Crippen molar-refractivity contribution >= 4 is 17.5 Å². The molecular formula is C12H18N4O2. The number of anilines is 1. The van der Waals surface area contributed by atoms with Crippen LogP contribution in [0.5, 0.6) is 0 Å². The molecule has 6 heteroatoms. The van der Waals surface area contributed by atoms with Crippen molar-refractivity contribution in [2.45, 2.75) is 13.8 Å². The number of pyridine rings is 1. The molecule has 4 N–H and O–H groups in total. The minimum Gasteiger partial charge on any atom is -0.397 e. The third-order valence-electron chi connectivity index (χ3n) is 2.29. The number of nitrogen functional groups attached to an aromatic ring is 1. The number of nitrogens with zero attached hydrogens (tertiary/aromatic N) is 1. The van der Waals surface area contributed by atoms with Crippen molar-refractivity contribution in [2.75, 3.05) is 18.8 Å². The lowest BCUT2D eigenvalue weighted by atomic mass is 10.2. The highest BCUT2D eigenvalue weighted by Crippen LogP contribution is 2.05. The van der Waals surface area contributed by atoms with Gasteiger partial charge in [0, 0.05) is 25.2 Å². The summed E-state index contributed by atoms with van der Waals surface area (Å²) in [6, 6.07) is 3.28. The van der Waals surface area contributed by atoms with Crippen LogP contribution >= 0.6 is 0 Å². The van der Waals surface area contributed by atoms with Crippen molar-refractivity contribution in [3.8, 4) is 0 Å². The van der Waals surface area contributed by atoms with Gasteiger partial charge in [0.1, 0.15) is 0 Å². The molecule has 0 radical (unpaired) electrons. The van der Waals surface area contributed by atoms with E-state index in [1.54, 1.807) is 12.1 Å². The predicted octanol–water partition coefficient (Wildman–Crippen LogP) is 0.166. The quantitative estimate of drug-likeness (QED) is 0.649. The molecule has 0 atom stereocenters. The van der Waals surface area contributed by atoms with Crippen molar-refractivity contribution in [2.24, 2.45) is 5.92 Å². The van der Waals surface area contributed by atoms with E-state index in [1.807, 2.05) is 13.8 Å². The summed E-state index contributed by atoms with van der Waals surface area (Å²) in [6.45, 7) is 4.34. The maximum absolute atomic E-state index is 11.7. The molecule has 98 valence electrons. The van der Waals surface area contributed by atoms with E-state index in [2.05, 4.69) is 15.6 Å². The summed E-state index contributed by atoms with van der Waals surface area (Å²) in [5.41, 5.74) is 6.16. The number of amides is 2. The number of carbonyl (C=O) groups is 2. The van der Waals surface area contributed by atoms with E-state index < -0.39 is 0 Å². The summed E-state index contributed by atoms with van der Waals surface area (Å²) in [4.78, 5) is 26.8. The van der Waals surface area contributed by atoms with Gasteiger partial charge in [-0.25, -0.2) is 4.98 Å². The van der Waals surface area contributed by atoms with E-state index >= 15 is 0 Å². The molecule has 0 unspecified atom stereocenters. The number of aromatic nitrogens is 1. The first-order chi connectivity index (χ1) is 8.52. The second kappa shape index (κ2) is 6.58. The number of hydrogen-bond donors (Lipinski definition) is 3. The molecule has 1 rings (SSSR count). The van der Waals surface area contributed by atoms with E-state index in [1.165, 1.54) is 6.20 Å². The first-order valence-electron chi connectivity index (χ1n) is 5.78. The Morgan fingerprint density at radius 3 is 2.61 bits per heavy atom. The summed E-state index contributed by atoms with van der Waals surface area (Å²) >= 11 is 0. The summed E-state index contributed by atoms with van der Waals surface area (Å²) in [7, 11) is 0. The summed E-state index contributed by atoms with van der Waals surface area (Å²) in [5.74, 6) is -0.444. The Bertz CT molecular complexity index is 432. The standard InChI is InChI=1S/C12H18N4O2/c1-8(2)11(17)15-6-7-16-12(18)10-9(13)4-3-5-14-10/h3-5,8H,6-7,13H2,1-2H3,(H,15,17)(H,16,18). The van der Waals surface area contributed by atoms with Gasteiger partial charge in [-0.2, -0.15) is 0 Å². The fourth-order valence-electron chi connectivity index (χ4n) is 1.26. The van der Waals surface area contributed by atoms with Crippen molar-refractivity contribution in [1.82, 2.24) is 15.6 Å². The van der Waals surface area contributed by atoms with Gasteiger partial charge in [-0.15, -0.1) is 0 Å². The van der Waals surface area contributed by atoms with Crippen molar-refractivity contribution in [1.29, 1.82) is 0 Å². The van der Waals surface area contributed by atoms with Crippen LogP contribution in [0.1, 0.15) is 24.3 Å². The lowest BCUT2D eigenvalue weighted by molar-refractivity contribution is -0.123. The van der Waals surface area contributed by atoms with E-state index in [0.717, 1.165) is 0 Å². The Balaban J connectivity index is 2.35. The Kier molecular flexibility index (Phi) is 5.10. The van der Waals surface area contributed by atoms with Crippen LogP contribution in [0.25, 0.3) is 0 Å². The molecule has 2 amide bonds. The largest absolute Gasteiger partial charge is 0.397 e. The van der Waals surface area contributed by atoms with Crippen molar-refractivity contribution in [3.63, 3.8) is 0 Å². The molecule has 0 saturated carbocycles. The summed E-state index contributed by atoms with van der Waals surface area (Å²) < 4.78 is 0. The molecule has 0 aliphatic heterocycles. The van der Waals surface area contributed by atoms with Crippen molar-refractivity contribution < 1.29 is 9.59 Å². The zero-order chi connectivity index (χ0) is 13.5. The maximum Gasteiger partial charge on any atom is 0.272 e. The topological polar surface area (TPSA) is 97.1 Å². The van der Waals surface area contributed by atoms with Crippen LogP contribution in [-0.4, -0.2) is 29.9 Å². The Labute approximate surface area is 106 Å². The Morgan fingerprint density at radius 1 is 1.33 bits per heavy atom. The van der Waals surface area contributed by atoms with Gasteiger partial charge in [-0.05, 0) is 12.1 Å². The second-order valence-corrected chi connectivity index (χ2v) is 4.14. The third kappa shape index (κ3) is 4.04. The molecule has 0 saturated heterocycles. The van der Waals surface area contributed by atoms with Gasteiger partial charge >= 0.3 is 0 Å². The lowest BCUT2D eigenvalue weighted by Gasteiger charge is -2.09. The number of carbonyl (C=O) groups excluding carboxylic acids is 2. The second-order valence-electron chi connectivity index (χ2n) is 4.14. The molecule has 1 aromatic rings. The van der Waals surface area contributed by atoms with Crippen molar-refractivity contribution in [3.05, 3.63) is 24.0 Å². The van der Waals surface area contributed by atoms with Crippen LogP contribution in [0, 0.1) is 5.92 Å². The molecule has 0 aromatic carbocycles. The van der Waals surface area contributed by atoms with E-state index in [0.29, 0.717) is 18.8 Å². The van der Waals surface area contributed by atoms with Gasteiger partial charge in [0.15, 0.2) is 5.69 Å². The highest BCUT2D eigenvalue weighted by atomic mass is 16.2. The Hall–Kier alpha value is -2.11. The van der Waals surface area contributed by atoms with Crippen LogP contribution in [-0.2, 0) is 4.79 Å². The number of nitrogens with two attached hydrogens (primary N) is 1. The number of rotatable bonds is 5. The monoisotopic (exact) mass is 250 g/mol. The zero-order valence-electron chi connectivity index (χ0n) is 10.6. The molecular weight excluding hydrogens is 232 g/mol. The number of nitrogens with one attached hydrogen (secondary N) is 2. The molecule has 1 heterocycles. The van der Waals surface area contributed by atoms with E-state index in [-0.39, 0.29) is 23.4 Å². The third-order valence-corrected chi connectivity index (χ3v) is 2.29. The molecule has 1 aromatic heterocycles. The Morgan fingerprint density at radius 2 is 2.00 bits per heavy atom. The molecule has 6 nitrogen and oxygen atoms in total. The van der Waals surface area contributed by atoms with Crippen LogP contribution in [0.3, 0.4) is 0 Å². The van der Waals surface area contributed by atoms with Gasteiger partial charge in [-0.3, -0.25) is 9.59 Å². The molecule has 0 aliphatic carbocycles. The lowest BCUT2D eigenvalue weighted by Crippen LogP contribution is -2.36.